The summed E-state index contributed by atoms with van der Waals surface area (Å²) in [4.78, 5) is 15.3. The molecule has 8 aromatic carbocycles. The number of aromatic nitrogens is 3. The normalized spacial score (nSPS) is 11.7. The second-order valence-electron chi connectivity index (χ2n) is 12.4. The van der Waals surface area contributed by atoms with Crippen molar-refractivity contribution < 1.29 is 4.42 Å². The van der Waals surface area contributed by atoms with Crippen molar-refractivity contribution in [1.29, 1.82) is 0 Å². The Hall–Kier alpha value is -6.65. The summed E-state index contributed by atoms with van der Waals surface area (Å²) >= 11 is 0. The molecule has 0 radical (unpaired) electrons. The maximum atomic E-state index is 6.58. The number of fused-ring (bicyclic) bond motifs is 7. The summed E-state index contributed by atoms with van der Waals surface area (Å²) in [7, 11) is 0. The third kappa shape index (κ3) is 4.57. The van der Waals surface area contributed by atoms with Gasteiger partial charge in [-0.1, -0.05) is 133 Å². The van der Waals surface area contributed by atoms with Crippen molar-refractivity contribution in [3.05, 3.63) is 164 Å². The van der Waals surface area contributed by atoms with Crippen molar-refractivity contribution in [2.75, 3.05) is 0 Å². The van der Waals surface area contributed by atoms with Crippen molar-refractivity contribution in [2.45, 2.75) is 0 Å². The quantitative estimate of drug-likeness (QED) is 0.183. The lowest BCUT2D eigenvalue weighted by molar-refractivity contribution is 0.669. The van der Waals surface area contributed by atoms with E-state index in [0.29, 0.717) is 17.5 Å². The van der Waals surface area contributed by atoms with Gasteiger partial charge in [-0.05, 0) is 73.8 Å². The van der Waals surface area contributed by atoms with Crippen LogP contribution in [0.3, 0.4) is 0 Å². The van der Waals surface area contributed by atoms with Crippen LogP contribution in [0.15, 0.2) is 168 Å². The Morgan fingerprint density at radius 2 is 0.939 bits per heavy atom. The van der Waals surface area contributed by atoms with Gasteiger partial charge in [-0.15, -0.1) is 0 Å². The molecule has 0 unspecified atom stereocenters. The van der Waals surface area contributed by atoms with Crippen molar-refractivity contribution in [3.63, 3.8) is 0 Å². The first-order valence-electron chi connectivity index (χ1n) is 16.4. The number of rotatable bonds is 4. The second-order valence-corrected chi connectivity index (χ2v) is 12.4. The number of benzene rings is 8. The molecule has 0 aliphatic heterocycles. The summed E-state index contributed by atoms with van der Waals surface area (Å²) in [5, 5.41) is 9.28. The first-order chi connectivity index (χ1) is 24.3. The van der Waals surface area contributed by atoms with E-state index in [1.807, 2.05) is 42.5 Å². The van der Waals surface area contributed by atoms with Crippen LogP contribution in [0.4, 0.5) is 0 Å². The highest BCUT2D eigenvalue weighted by Crippen LogP contribution is 2.43. The molecule has 0 fully saturated rings. The minimum atomic E-state index is 0.589. The van der Waals surface area contributed by atoms with Crippen molar-refractivity contribution in [2.24, 2.45) is 0 Å². The molecule has 2 heterocycles. The van der Waals surface area contributed by atoms with Gasteiger partial charge in [0.25, 0.3) is 0 Å². The zero-order chi connectivity index (χ0) is 32.3. The summed E-state index contributed by atoms with van der Waals surface area (Å²) in [6.07, 6.45) is 0. The smallest absolute Gasteiger partial charge is 0.164 e. The van der Waals surface area contributed by atoms with E-state index in [-0.39, 0.29) is 0 Å². The Bertz CT molecular complexity index is 2890. The zero-order valence-corrected chi connectivity index (χ0v) is 26.3. The molecular weight excluding hydrogens is 599 g/mol. The highest BCUT2D eigenvalue weighted by molar-refractivity contribution is 6.20. The molecule has 10 aromatic rings. The molecule has 49 heavy (non-hydrogen) atoms. The Labute approximate surface area is 282 Å². The Morgan fingerprint density at radius 1 is 0.327 bits per heavy atom. The lowest BCUT2D eigenvalue weighted by Gasteiger charge is -2.14. The van der Waals surface area contributed by atoms with E-state index >= 15 is 0 Å². The number of hydrogen-bond donors (Lipinski definition) is 0. The van der Waals surface area contributed by atoms with E-state index in [0.717, 1.165) is 55.1 Å². The topological polar surface area (TPSA) is 51.8 Å². The number of hydrogen-bond acceptors (Lipinski definition) is 4. The molecule has 0 amide bonds. The van der Waals surface area contributed by atoms with E-state index in [2.05, 4.69) is 121 Å². The molecule has 0 atom stereocenters. The Kier molecular flexibility index (Phi) is 6.15. The highest BCUT2D eigenvalue weighted by atomic mass is 16.3. The predicted molar refractivity (Wildman–Crippen MR) is 201 cm³/mol. The van der Waals surface area contributed by atoms with Crippen LogP contribution in [0.25, 0.3) is 99.5 Å². The van der Waals surface area contributed by atoms with Crippen LogP contribution in [-0.2, 0) is 0 Å². The highest BCUT2D eigenvalue weighted by Gasteiger charge is 2.20. The Balaban J connectivity index is 1.28. The van der Waals surface area contributed by atoms with Gasteiger partial charge >= 0.3 is 0 Å². The minimum Gasteiger partial charge on any atom is -0.456 e. The van der Waals surface area contributed by atoms with Crippen LogP contribution in [0.5, 0.6) is 0 Å². The van der Waals surface area contributed by atoms with E-state index in [4.69, 9.17) is 19.4 Å². The van der Waals surface area contributed by atoms with Gasteiger partial charge in [-0.3, -0.25) is 0 Å². The molecule has 4 heteroatoms. The molecule has 228 valence electrons. The summed E-state index contributed by atoms with van der Waals surface area (Å²) in [6, 6.07) is 57.0. The molecular formula is C45H27N3O. The van der Waals surface area contributed by atoms with E-state index < -0.39 is 0 Å². The average molecular weight is 626 g/mol. The summed E-state index contributed by atoms with van der Waals surface area (Å²) in [5.41, 5.74) is 6.58. The molecule has 0 aliphatic rings. The minimum absolute atomic E-state index is 0.589. The first kappa shape index (κ1) is 27.5. The van der Waals surface area contributed by atoms with Gasteiger partial charge in [0, 0.05) is 27.5 Å². The number of nitrogens with zero attached hydrogens (tertiary/aromatic N) is 3. The lowest BCUT2D eigenvalue weighted by atomic mass is 9.90. The fourth-order valence-electron chi connectivity index (χ4n) is 7.15. The van der Waals surface area contributed by atoms with Gasteiger partial charge in [0.15, 0.2) is 17.5 Å². The van der Waals surface area contributed by atoms with E-state index in [1.54, 1.807) is 0 Å². The van der Waals surface area contributed by atoms with Crippen LogP contribution in [0, 0.1) is 0 Å². The largest absolute Gasteiger partial charge is 0.456 e. The van der Waals surface area contributed by atoms with Crippen molar-refractivity contribution >= 4 is 54.3 Å². The second kappa shape index (κ2) is 11.0. The predicted octanol–water partition coefficient (Wildman–Crippen LogP) is 11.9. The molecule has 0 bridgehead atoms. The number of para-hydroxylation sites is 1. The molecule has 4 nitrogen and oxygen atoms in total. The molecule has 0 spiro atoms. The zero-order valence-electron chi connectivity index (χ0n) is 26.3. The van der Waals surface area contributed by atoms with Crippen LogP contribution in [0.1, 0.15) is 0 Å². The van der Waals surface area contributed by atoms with Gasteiger partial charge in [0.2, 0.25) is 0 Å². The third-order valence-corrected chi connectivity index (χ3v) is 9.47. The average Bonchev–Trinajstić information content (AvgIpc) is 3.56. The van der Waals surface area contributed by atoms with Gasteiger partial charge < -0.3 is 4.42 Å². The maximum Gasteiger partial charge on any atom is 0.164 e. The maximum absolute atomic E-state index is 6.58. The first-order valence-corrected chi connectivity index (χ1v) is 16.4. The van der Waals surface area contributed by atoms with Gasteiger partial charge in [0.05, 0.1) is 0 Å². The van der Waals surface area contributed by atoms with Crippen molar-refractivity contribution in [1.82, 2.24) is 15.0 Å². The monoisotopic (exact) mass is 625 g/mol. The summed E-state index contributed by atoms with van der Waals surface area (Å²) < 4.78 is 6.58. The molecule has 0 saturated carbocycles. The molecule has 0 aliphatic carbocycles. The SMILES string of the molecule is c1ccc(-c2nc(-c3ccc4ccccc4c3)nc(-c3cc(-c4cc5ccccc5c5ccccc45)c4c(c3)oc3ccccc34)n2)cc1. The number of furan rings is 1. The lowest BCUT2D eigenvalue weighted by Crippen LogP contribution is -2.00. The molecule has 10 rings (SSSR count). The summed E-state index contributed by atoms with van der Waals surface area (Å²) in [6.45, 7) is 0. The fourth-order valence-corrected chi connectivity index (χ4v) is 7.15. The van der Waals surface area contributed by atoms with Crippen LogP contribution < -0.4 is 0 Å². The van der Waals surface area contributed by atoms with E-state index in [9.17, 15) is 0 Å². The van der Waals surface area contributed by atoms with Crippen molar-refractivity contribution in [3.8, 4) is 45.3 Å². The van der Waals surface area contributed by atoms with E-state index in [1.165, 1.54) is 26.9 Å². The van der Waals surface area contributed by atoms with Gasteiger partial charge in [0.1, 0.15) is 11.2 Å². The third-order valence-electron chi connectivity index (χ3n) is 9.47. The summed E-state index contributed by atoms with van der Waals surface area (Å²) in [5.74, 6) is 1.83. The van der Waals surface area contributed by atoms with Crippen LogP contribution in [-0.4, -0.2) is 15.0 Å². The molecule has 0 N–H and O–H groups in total. The standard InChI is InChI=1S/C45H27N3O/c1-2-13-29(14-3-1)43-46-44(32-23-22-28-12-4-5-15-30(28)24-32)48-45(47-43)33-26-39(42-37-20-10-11-21-40(37)49-41(42)27-33)38-25-31-16-6-7-17-34(31)35-18-8-9-19-36(35)38/h1-27H. The van der Waals surface area contributed by atoms with Crippen LogP contribution in [0.2, 0.25) is 0 Å². The van der Waals surface area contributed by atoms with Crippen LogP contribution >= 0.6 is 0 Å². The van der Waals surface area contributed by atoms with Gasteiger partial charge in [-0.2, -0.15) is 0 Å². The molecule has 0 saturated heterocycles. The fraction of sp³-hybridized carbons (Fsp3) is 0. The molecule has 2 aromatic heterocycles. The van der Waals surface area contributed by atoms with Gasteiger partial charge in [-0.25, -0.2) is 15.0 Å². The Morgan fingerprint density at radius 3 is 1.76 bits per heavy atom.